The number of aliphatic hydroxyl groups is 1. The molecule has 0 aliphatic heterocycles. The molecule has 0 heterocycles. The third-order valence-corrected chi connectivity index (χ3v) is 3.74. The molecule has 18 heavy (non-hydrogen) atoms. The second-order valence-electron chi connectivity index (χ2n) is 4.39. The minimum atomic E-state index is -0.107. The molecule has 0 saturated carbocycles. The summed E-state index contributed by atoms with van der Waals surface area (Å²) in [6, 6.07) is 5.87. The molecule has 3 heteroatoms. The third-order valence-electron chi connectivity index (χ3n) is 2.32. The number of thioether (sulfide) groups is 1. The van der Waals surface area contributed by atoms with E-state index >= 15 is 0 Å². The summed E-state index contributed by atoms with van der Waals surface area (Å²) in [4.78, 5) is 0. The molecule has 0 atom stereocenters. The van der Waals surface area contributed by atoms with E-state index in [4.69, 9.17) is 9.84 Å². The van der Waals surface area contributed by atoms with Crippen molar-refractivity contribution in [3.8, 4) is 17.6 Å². The van der Waals surface area contributed by atoms with Crippen molar-refractivity contribution in [3.63, 3.8) is 0 Å². The standard InChI is InChI=1S/C15H20O2S/c1-12(2)10-18-11-14-9-15(17-3)7-6-13(14)5-4-8-16/h6-7,9,12,16H,8,10-11H2,1-3H3. The molecule has 98 valence electrons. The Morgan fingerprint density at radius 3 is 2.78 bits per heavy atom. The van der Waals surface area contributed by atoms with Crippen molar-refractivity contribution >= 4 is 11.8 Å². The lowest BCUT2D eigenvalue weighted by Crippen LogP contribution is -1.95. The van der Waals surface area contributed by atoms with E-state index in [1.165, 1.54) is 5.56 Å². The highest BCUT2D eigenvalue weighted by Crippen LogP contribution is 2.22. The molecular weight excluding hydrogens is 244 g/mol. The van der Waals surface area contributed by atoms with Crippen molar-refractivity contribution in [3.05, 3.63) is 29.3 Å². The predicted octanol–water partition coefficient (Wildman–Crippen LogP) is 2.93. The van der Waals surface area contributed by atoms with E-state index in [-0.39, 0.29) is 6.61 Å². The Labute approximate surface area is 114 Å². The first kappa shape index (κ1) is 14.9. The summed E-state index contributed by atoms with van der Waals surface area (Å²) in [6.07, 6.45) is 0. The van der Waals surface area contributed by atoms with Gasteiger partial charge >= 0.3 is 0 Å². The van der Waals surface area contributed by atoms with Gasteiger partial charge in [-0.2, -0.15) is 11.8 Å². The first-order valence-corrected chi connectivity index (χ1v) is 7.17. The van der Waals surface area contributed by atoms with Crippen LogP contribution in [0.1, 0.15) is 25.0 Å². The molecule has 0 saturated heterocycles. The number of hydrogen-bond acceptors (Lipinski definition) is 3. The zero-order valence-corrected chi connectivity index (χ0v) is 12.0. The van der Waals surface area contributed by atoms with Crippen molar-refractivity contribution in [1.29, 1.82) is 0 Å². The molecule has 0 aliphatic rings. The number of aliphatic hydroxyl groups excluding tert-OH is 1. The van der Waals surface area contributed by atoms with Crippen molar-refractivity contribution in [1.82, 2.24) is 0 Å². The zero-order valence-electron chi connectivity index (χ0n) is 11.2. The summed E-state index contributed by atoms with van der Waals surface area (Å²) in [5.41, 5.74) is 2.14. The van der Waals surface area contributed by atoms with Gasteiger partial charge in [0.05, 0.1) is 7.11 Å². The van der Waals surface area contributed by atoms with E-state index in [1.807, 2.05) is 30.0 Å². The van der Waals surface area contributed by atoms with Crippen LogP contribution in [0.25, 0.3) is 0 Å². The lowest BCUT2D eigenvalue weighted by molar-refractivity contribution is 0.350. The monoisotopic (exact) mass is 264 g/mol. The van der Waals surface area contributed by atoms with E-state index < -0.39 is 0 Å². The molecule has 0 spiro atoms. The van der Waals surface area contributed by atoms with Crippen LogP contribution in [0, 0.1) is 17.8 Å². The average molecular weight is 264 g/mol. The molecular formula is C15H20O2S. The maximum Gasteiger partial charge on any atom is 0.119 e. The molecule has 0 aromatic heterocycles. The predicted molar refractivity (Wildman–Crippen MR) is 78.0 cm³/mol. The number of rotatable bonds is 5. The Morgan fingerprint density at radius 2 is 2.17 bits per heavy atom. The Morgan fingerprint density at radius 1 is 1.39 bits per heavy atom. The molecule has 1 rings (SSSR count). The number of ether oxygens (including phenoxy) is 1. The summed E-state index contributed by atoms with van der Waals surface area (Å²) < 4.78 is 5.23. The molecule has 0 amide bonds. The third kappa shape index (κ3) is 5.03. The van der Waals surface area contributed by atoms with E-state index in [1.54, 1.807) is 7.11 Å². The quantitative estimate of drug-likeness (QED) is 0.829. The van der Waals surface area contributed by atoms with Crippen LogP contribution in [0.4, 0.5) is 0 Å². The van der Waals surface area contributed by atoms with Gasteiger partial charge in [-0.05, 0) is 35.4 Å². The minimum absolute atomic E-state index is 0.107. The van der Waals surface area contributed by atoms with E-state index in [0.29, 0.717) is 5.92 Å². The van der Waals surface area contributed by atoms with Gasteiger partial charge in [0.15, 0.2) is 0 Å². The summed E-state index contributed by atoms with van der Waals surface area (Å²) >= 11 is 1.90. The van der Waals surface area contributed by atoms with Gasteiger partial charge in [0.25, 0.3) is 0 Å². The zero-order chi connectivity index (χ0) is 13.4. The number of hydrogen-bond donors (Lipinski definition) is 1. The Kier molecular flexibility index (Phi) is 6.70. The van der Waals surface area contributed by atoms with Gasteiger partial charge in [-0.3, -0.25) is 0 Å². The van der Waals surface area contributed by atoms with Crippen molar-refractivity contribution in [2.24, 2.45) is 5.92 Å². The van der Waals surface area contributed by atoms with Crippen LogP contribution < -0.4 is 4.74 Å². The molecule has 0 fully saturated rings. The molecule has 0 unspecified atom stereocenters. The molecule has 0 aliphatic carbocycles. The summed E-state index contributed by atoms with van der Waals surface area (Å²) in [5.74, 6) is 9.27. The van der Waals surface area contributed by atoms with E-state index in [2.05, 4.69) is 25.7 Å². The highest BCUT2D eigenvalue weighted by Gasteiger charge is 2.04. The Hall–Kier alpha value is -1.11. The van der Waals surface area contributed by atoms with Crippen molar-refractivity contribution in [2.75, 3.05) is 19.5 Å². The first-order chi connectivity index (χ1) is 8.67. The average Bonchev–Trinajstić information content (AvgIpc) is 2.36. The second-order valence-corrected chi connectivity index (χ2v) is 5.42. The smallest absolute Gasteiger partial charge is 0.119 e. The molecule has 2 nitrogen and oxygen atoms in total. The first-order valence-electron chi connectivity index (χ1n) is 6.01. The lowest BCUT2D eigenvalue weighted by Gasteiger charge is -2.09. The summed E-state index contributed by atoms with van der Waals surface area (Å²) in [7, 11) is 1.67. The molecule has 0 bridgehead atoms. The van der Waals surface area contributed by atoms with Crippen LogP contribution in [-0.2, 0) is 5.75 Å². The molecule has 1 aromatic carbocycles. The van der Waals surface area contributed by atoms with E-state index in [0.717, 1.165) is 22.8 Å². The van der Waals surface area contributed by atoms with Gasteiger partial charge in [-0.1, -0.05) is 25.7 Å². The highest BCUT2D eigenvalue weighted by molar-refractivity contribution is 7.98. The fourth-order valence-corrected chi connectivity index (χ4v) is 2.53. The number of benzene rings is 1. The number of methoxy groups -OCH3 is 1. The van der Waals surface area contributed by atoms with Gasteiger partial charge in [0.2, 0.25) is 0 Å². The summed E-state index contributed by atoms with van der Waals surface area (Å²) in [5, 5.41) is 8.76. The van der Waals surface area contributed by atoms with Crippen molar-refractivity contribution in [2.45, 2.75) is 19.6 Å². The molecule has 1 aromatic rings. The van der Waals surface area contributed by atoms with Gasteiger partial charge in [-0.25, -0.2) is 0 Å². The normalized spacial score (nSPS) is 10.1. The van der Waals surface area contributed by atoms with Gasteiger partial charge in [-0.15, -0.1) is 0 Å². The molecule has 0 radical (unpaired) electrons. The topological polar surface area (TPSA) is 29.5 Å². The highest BCUT2D eigenvalue weighted by atomic mass is 32.2. The van der Waals surface area contributed by atoms with Gasteiger partial charge < -0.3 is 9.84 Å². The van der Waals surface area contributed by atoms with Crippen LogP contribution in [-0.4, -0.2) is 24.6 Å². The van der Waals surface area contributed by atoms with Gasteiger partial charge in [0.1, 0.15) is 12.4 Å². The van der Waals surface area contributed by atoms with Crippen LogP contribution >= 0.6 is 11.8 Å². The molecule has 1 N–H and O–H groups in total. The summed E-state index contributed by atoms with van der Waals surface area (Å²) in [6.45, 7) is 4.32. The Balaban J connectivity index is 2.82. The maximum atomic E-state index is 8.76. The van der Waals surface area contributed by atoms with Crippen LogP contribution in [0.5, 0.6) is 5.75 Å². The fraction of sp³-hybridized carbons (Fsp3) is 0.467. The largest absolute Gasteiger partial charge is 0.497 e. The van der Waals surface area contributed by atoms with Crippen LogP contribution in [0.2, 0.25) is 0 Å². The second kappa shape index (κ2) is 8.07. The minimum Gasteiger partial charge on any atom is -0.497 e. The van der Waals surface area contributed by atoms with Crippen molar-refractivity contribution < 1.29 is 9.84 Å². The van der Waals surface area contributed by atoms with E-state index in [9.17, 15) is 0 Å². The Bertz CT molecular complexity index is 430. The van der Waals surface area contributed by atoms with Crippen LogP contribution in [0.15, 0.2) is 18.2 Å². The fourth-order valence-electron chi connectivity index (χ4n) is 1.48. The van der Waals surface area contributed by atoms with Gasteiger partial charge in [0, 0.05) is 11.3 Å². The maximum absolute atomic E-state index is 8.76. The van der Waals surface area contributed by atoms with Crippen LogP contribution in [0.3, 0.4) is 0 Å². The lowest BCUT2D eigenvalue weighted by atomic mass is 10.1. The SMILES string of the molecule is COc1ccc(C#CCO)c(CSCC(C)C)c1.